The summed E-state index contributed by atoms with van der Waals surface area (Å²) in [5, 5.41) is 10.9. The van der Waals surface area contributed by atoms with Crippen LogP contribution in [0.1, 0.15) is 27.2 Å². The van der Waals surface area contributed by atoms with E-state index in [2.05, 4.69) is 27.0 Å². The molecule has 0 aliphatic rings. The van der Waals surface area contributed by atoms with Gasteiger partial charge in [0, 0.05) is 27.5 Å². The quantitative estimate of drug-likeness (QED) is 0.659. The van der Waals surface area contributed by atoms with Gasteiger partial charge in [-0.3, -0.25) is 0 Å². The second kappa shape index (κ2) is 5.78. The number of carboxylic acid groups (broad SMARTS) is 1. The van der Waals surface area contributed by atoms with Crippen molar-refractivity contribution in [3.63, 3.8) is 0 Å². The van der Waals surface area contributed by atoms with Gasteiger partial charge in [-0.25, -0.2) is 4.79 Å². The molecule has 0 spiro atoms. The predicted molar refractivity (Wildman–Crippen MR) is 92.0 cm³/mol. The number of rotatable bonds is 3. The molecular formula is C17H13BrClNO2. The topological polar surface area (TPSA) is 53.1 Å². The molecule has 3 rings (SSSR count). The van der Waals surface area contributed by atoms with Gasteiger partial charge in [-0.05, 0) is 58.2 Å². The van der Waals surface area contributed by atoms with Gasteiger partial charge in [0.1, 0.15) is 0 Å². The second-order valence-corrected chi connectivity index (χ2v) is 6.54. The fourth-order valence-corrected chi connectivity index (χ4v) is 3.04. The zero-order valence-electron chi connectivity index (χ0n) is 11.8. The second-order valence-electron chi connectivity index (χ2n) is 5.28. The third-order valence-electron chi connectivity index (χ3n) is 3.64. The summed E-state index contributed by atoms with van der Waals surface area (Å²) in [6.45, 7) is 1.80. The van der Waals surface area contributed by atoms with E-state index in [9.17, 15) is 9.90 Å². The number of H-pyrrole nitrogens is 1. The molecule has 112 valence electrons. The van der Waals surface area contributed by atoms with E-state index in [1.54, 1.807) is 13.0 Å². The number of fused-ring (bicyclic) bond motifs is 1. The van der Waals surface area contributed by atoms with Crippen molar-refractivity contribution in [2.45, 2.75) is 13.3 Å². The van der Waals surface area contributed by atoms with Crippen LogP contribution in [0, 0.1) is 6.92 Å². The lowest BCUT2D eigenvalue weighted by atomic mass is 10.0. The number of aryl methyl sites for hydroxylation is 1. The molecule has 2 aromatic carbocycles. The van der Waals surface area contributed by atoms with Crippen molar-refractivity contribution < 1.29 is 9.90 Å². The van der Waals surface area contributed by atoms with Crippen LogP contribution in [-0.2, 0) is 6.42 Å². The van der Waals surface area contributed by atoms with E-state index in [0.717, 1.165) is 32.2 Å². The van der Waals surface area contributed by atoms with E-state index >= 15 is 0 Å². The maximum Gasteiger partial charge on any atom is 0.335 e. The van der Waals surface area contributed by atoms with Gasteiger partial charge in [0.15, 0.2) is 0 Å². The minimum absolute atomic E-state index is 0.347. The lowest BCUT2D eigenvalue weighted by Crippen LogP contribution is -2.01. The Balaban J connectivity index is 1.96. The first-order chi connectivity index (χ1) is 10.4. The number of carbonyl (C=O) groups is 1. The summed E-state index contributed by atoms with van der Waals surface area (Å²) in [6, 6.07) is 11.4. The lowest BCUT2D eigenvalue weighted by molar-refractivity contribution is 0.0696. The summed E-state index contributed by atoms with van der Waals surface area (Å²) in [7, 11) is 0. The molecule has 22 heavy (non-hydrogen) atoms. The number of aromatic amines is 1. The highest BCUT2D eigenvalue weighted by atomic mass is 79.9. The van der Waals surface area contributed by atoms with Crippen LogP contribution in [0.4, 0.5) is 0 Å². The zero-order valence-corrected chi connectivity index (χ0v) is 14.1. The number of aromatic nitrogens is 1. The maximum atomic E-state index is 11.2. The maximum absolute atomic E-state index is 11.2. The molecule has 0 amide bonds. The van der Waals surface area contributed by atoms with Gasteiger partial charge in [-0.1, -0.05) is 23.7 Å². The summed E-state index contributed by atoms with van der Waals surface area (Å²) in [6.07, 6.45) is 0.643. The Hall–Kier alpha value is -1.78. The van der Waals surface area contributed by atoms with Gasteiger partial charge in [0.2, 0.25) is 0 Å². The normalized spacial score (nSPS) is 11.0. The summed E-state index contributed by atoms with van der Waals surface area (Å²) in [4.78, 5) is 14.5. The molecule has 1 aromatic heterocycles. The number of aromatic carboxylic acids is 1. The smallest absolute Gasteiger partial charge is 0.335 e. The molecule has 2 N–H and O–H groups in total. The monoisotopic (exact) mass is 377 g/mol. The fourth-order valence-electron chi connectivity index (χ4n) is 2.51. The Morgan fingerprint density at radius 1 is 1.27 bits per heavy atom. The molecule has 1 heterocycles. The van der Waals surface area contributed by atoms with Gasteiger partial charge in [0.05, 0.1) is 10.6 Å². The molecule has 0 unspecified atom stereocenters. The average Bonchev–Trinajstić information content (AvgIpc) is 2.82. The van der Waals surface area contributed by atoms with E-state index < -0.39 is 5.97 Å². The molecule has 0 atom stereocenters. The summed E-state index contributed by atoms with van der Waals surface area (Å²) >= 11 is 9.51. The fraction of sp³-hybridized carbons (Fsp3) is 0.118. The van der Waals surface area contributed by atoms with Crippen molar-refractivity contribution in [1.29, 1.82) is 0 Å². The van der Waals surface area contributed by atoms with Crippen LogP contribution >= 0.6 is 27.5 Å². The average molecular weight is 379 g/mol. The van der Waals surface area contributed by atoms with Crippen molar-refractivity contribution >= 4 is 44.4 Å². The number of benzene rings is 2. The van der Waals surface area contributed by atoms with Crippen molar-refractivity contribution in [2.24, 2.45) is 0 Å². The van der Waals surface area contributed by atoms with E-state index in [1.807, 2.05) is 24.3 Å². The molecule has 5 heteroatoms. The highest BCUT2D eigenvalue weighted by molar-refractivity contribution is 9.10. The van der Waals surface area contributed by atoms with Gasteiger partial charge >= 0.3 is 5.97 Å². The molecule has 0 aliphatic carbocycles. The van der Waals surface area contributed by atoms with E-state index in [1.165, 1.54) is 0 Å². The van der Waals surface area contributed by atoms with E-state index in [0.29, 0.717) is 17.0 Å². The van der Waals surface area contributed by atoms with Crippen LogP contribution in [-0.4, -0.2) is 16.1 Å². The van der Waals surface area contributed by atoms with E-state index in [-0.39, 0.29) is 0 Å². The van der Waals surface area contributed by atoms with Crippen LogP contribution in [0.25, 0.3) is 10.9 Å². The van der Waals surface area contributed by atoms with Crippen LogP contribution in [0.2, 0.25) is 5.02 Å². The Bertz CT molecular complexity index is 847. The Kier molecular flexibility index (Phi) is 3.98. The standard InChI is InChI=1S/C17H13BrClNO2/c1-9-2-3-10(5-13(9)17(21)22)4-12-6-11-7-14(18)15(19)8-16(11)20-12/h2-3,5-8,20H,4H2,1H3,(H,21,22). The summed E-state index contributed by atoms with van der Waals surface area (Å²) in [5.41, 5.74) is 4.06. The molecule has 0 radical (unpaired) electrons. The molecule has 3 nitrogen and oxygen atoms in total. The molecule has 3 aromatic rings. The third kappa shape index (κ3) is 2.89. The number of carboxylic acids is 1. The molecule has 0 bridgehead atoms. The summed E-state index contributed by atoms with van der Waals surface area (Å²) < 4.78 is 0.857. The van der Waals surface area contributed by atoms with Gasteiger partial charge in [-0.15, -0.1) is 0 Å². The Labute approximate surface area is 141 Å². The largest absolute Gasteiger partial charge is 0.478 e. The van der Waals surface area contributed by atoms with Gasteiger partial charge in [-0.2, -0.15) is 0 Å². The molecular weight excluding hydrogens is 366 g/mol. The SMILES string of the molecule is Cc1ccc(Cc2cc3cc(Br)c(Cl)cc3[nH]2)cc1C(=O)O. The molecule has 0 saturated heterocycles. The van der Waals surface area contributed by atoms with Crippen LogP contribution in [0.5, 0.6) is 0 Å². The number of hydrogen-bond acceptors (Lipinski definition) is 1. The lowest BCUT2D eigenvalue weighted by Gasteiger charge is -2.04. The number of nitrogens with one attached hydrogen (secondary N) is 1. The van der Waals surface area contributed by atoms with Crippen LogP contribution < -0.4 is 0 Å². The van der Waals surface area contributed by atoms with Gasteiger partial charge < -0.3 is 10.1 Å². The highest BCUT2D eigenvalue weighted by Crippen LogP contribution is 2.29. The van der Waals surface area contributed by atoms with Gasteiger partial charge in [0.25, 0.3) is 0 Å². The van der Waals surface area contributed by atoms with E-state index in [4.69, 9.17) is 11.6 Å². The first kappa shape index (κ1) is 15.1. The number of hydrogen-bond donors (Lipinski definition) is 2. The van der Waals surface area contributed by atoms with Crippen molar-refractivity contribution in [2.75, 3.05) is 0 Å². The first-order valence-electron chi connectivity index (χ1n) is 6.73. The Morgan fingerprint density at radius 2 is 2.05 bits per heavy atom. The minimum Gasteiger partial charge on any atom is -0.478 e. The van der Waals surface area contributed by atoms with Crippen molar-refractivity contribution in [3.05, 3.63) is 68.3 Å². The molecule has 0 aliphatic heterocycles. The minimum atomic E-state index is -0.897. The van der Waals surface area contributed by atoms with Crippen LogP contribution in [0.3, 0.4) is 0 Å². The predicted octanol–water partition coefficient (Wildman–Crippen LogP) is 5.18. The molecule has 0 saturated carbocycles. The van der Waals surface area contributed by atoms with Crippen molar-refractivity contribution in [3.8, 4) is 0 Å². The Morgan fingerprint density at radius 3 is 2.77 bits per heavy atom. The number of halogens is 2. The molecule has 0 fully saturated rings. The van der Waals surface area contributed by atoms with Crippen molar-refractivity contribution in [1.82, 2.24) is 4.98 Å². The zero-order chi connectivity index (χ0) is 15.9. The first-order valence-corrected chi connectivity index (χ1v) is 7.90. The van der Waals surface area contributed by atoms with Crippen LogP contribution in [0.15, 0.2) is 40.9 Å². The summed E-state index contributed by atoms with van der Waals surface area (Å²) in [5.74, 6) is -0.897. The highest BCUT2D eigenvalue weighted by Gasteiger charge is 2.10. The third-order valence-corrected chi connectivity index (χ3v) is 4.84.